The number of ketones is 2. The van der Waals surface area contributed by atoms with Crippen molar-refractivity contribution in [1.29, 1.82) is 0 Å². The van der Waals surface area contributed by atoms with Gasteiger partial charge in [0.25, 0.3) is 5.88 Å². The van der Waals surface area contributed by atoms with Gasteiger partial charge in [0.2, 0.25) is 5.82 Å². The first-order valence-electron chi connectivity index (χ1n) is 26.2. The Kier molecular flexibility index (Phi) is 21.8. The summed E-state index contributed by atoms with van der Waals surface area (Å²) < 4.78 is 50.8. The number of benzene rings is 2. The molecule has 21 heteroatoms. The van der Waals surface area contributed by atoms with Gasteiger partial charge in [0.15, 0.2) is 11.6 Å². The van der Waals surface area contributed by atoms with E-state index in [1.54, 1.807) is 52.1 Å². The average Bonchev–Trinajstić information content (AvgIpc) is 4.24. The van der Waals surface area contributed by atoms with Gasteiger partial charge in [-0.15, -0.1) is 4.37 Å². The Hall–Kier alpha value is -5.71. The Morgan fingerprint density at radius 2 is 1.67 bits per heavy atom. The van der Waals surface area contributed by atoms with E-state index in [9.17, 15) is 19.2 Å². The lowest BCUT2D eigenvalue weighted by Crippen LogP contribution is -2.50. The van der Waals surface area contributed by atoms with Crippen molar-refractivity contribution >= 4 is 46.8 Å². The minimum Gasteiger partial charge on any atom is -0.497 e. The number of ether oxygens (including phenoxy) is 7. The van der Waals surface area contributed by atoms with Gasteiger partial charge in [0.05, 0.1) is 57.0 Å². The van der Waals surface area contributed by atoms with Crippen LogP contribution < -0.4 is 29.7 Å². The van der Waals surface area contributed by atoms with Crippen molar-refractivity contribution in [1.82, 2.24) is 34.1 Å². The molecule has 6 rings (SSSR count). The molecule has 75 heavy (non-hydrogen) atoms. The SMILES string of the molecule is CCC(C)(O[C@@H](C)C(=O)C(C)(CC)OCCN(Cc1cccc(OC)c1)C(=O)Nc1ccc(-c2cn[nH]c2)cc1OCCN1CCCC1)C(=O)CCC(=O)O[C@@H](CNC(C)(C)C)COc1nsnc1N1CCOCC1. The van der Waals surface area contributed by atoms with Crippen molar-refractivity contribution in [2.24, 2.45) is 0 Å². The molecule has 412 valence electrons. The first kappa shape index (κ1) is 58.5. The molecule has 2 aromatic heterocycles. The lowest BCUT2D eigenvalue weighted by Gasteiger charge is -2.35. The number of H-pyrrole nitrogens is 1. The number of Topliss-reactive ketones (excluding diaryl/α,β-unsaturated/α-hetero) is 2. The zero-order chi connectivity index (χ0) is 54.0. The minimum atomic E-state index is -1.40. The van der Waals surface area contributed by atoms with Crippen molar-refractivity contribution in [3.8, 4) is 28.5 Å². The summed E-state index contributed by atoms with van der Waals surface area (Å²) in [6, 6.07) is 12.7. The Balaban J connectivity index is 1.06. The molecular weight excluding hydrogens is 983 g/mol. The van der Waals surface area contributed by atoms with Gasteiger partial charge in [0, 0.05) is 63.0 Å². The van der Waals surface area contributed by atoms with Gasteiger partial charge in [-0.05, 0) is 116 Å². The highest BCUT2D eigenvalue weighted by atomic mass is 32.1. The molecule has 2 unspecified atom stereocenters. The standard InChI is InChI=1S/C54H79N9O11S/c1-10-53(7,46(64)19-20-47(65)73-43(35-55-52(4,5)6)37-71-50-49(59-75-60-50)62-24-27-69-28-25-62)74-38(3)48(66)54(8,11-2)72-30-26-63(36-39-15-14-16-42(31-39)68-9)51(67)58-44-18-17-40(41-33-56-57-34-41)32-45(44)70-29-23-61-21-12-13-22-61/h14-18,31-34,38,43,55H,10-13,19-30,35-37H2,1-9H3,(H,56,57)(H,58,67)/t38-,43-,53?,54?/m0/s1. The summed E-state index contributed by atoms with van der Waals surface area (Å²) in [6.45, 7) is 21.0. The van der Waals surface area contributed by atoms with E-state index in [0.717, 1.165) is 48.1 Å². The van der Waals surface area contributed by atoms with Crippen LogP contribution in [0.2, 0.25) is 0 Å². The molecule has 2 amide bonds. The molecule has 4 heterocycles. The van der Waals surface area contributed by atoms with E-state index in [-0.39, 0.29) is 69.1 Å². The smallest absolute Gasteiger partial charge is 0.322 e. The first-order valence-corrected chi connectivity index (χ1v) is 26.9. The fraction of sp³-hybridized carbons (Fsp3) is 0.611. The third-order valence-corrected chi connectivity index (χ3v) is 14.1. The van der Waals surface area contributed by atoms with Crippen LogP contribution in [0.1, 0.15) is 99.5 Å². The van der Waals surface area contributed by atoms with Crippen LogP contribution >= 0.6 is 11.7 Å². The average molecular weight is 1060 g/mol. The fourth-order valence-electron chi connectivity index (χ4n) is 8.70. The molecule has 0 spiro atoms. The Morgan fingerprint density at radius 3 is 2.36 bits per heavy atom. The summed E-state index contributed by atoms with van der Waals surface area (Å²) in [6.07, 6.45) is 4.27. The normalized spacial score (nSPS) is 16.6. The van der Waals surface area contributed by atoms with Crippen LogP contribution in [0, 0.1) is 0 Å². The summed E-state index contributed by atoms with van der Waals surface area (Å²) in [7, 11) is 1.59. The van der Waals surface area contributed by atoms with Gasteiger partial charge in [0.1, 0.15) is 48.1 Å². The van der Waals surface area contributed by atoms with Crippen molar-refractivity contribution in [2.75, 3.05) is 96.2 Å². The van der Waals surface area contributed by atoms with Gasteiger partial charge in [-0.25, -0.2) is 4.79 Å². The van der Waals surface area contributed by atoms with Crippen LogP contribution in [-0.4, -0.2) is 167 Å². The van der Waals surface area contributed by atoms with Gasteiger partial charge in [-0.1, -0.05) is 32.0 Å². The maximum Gasteiger partial charge on any atom is 0.322 e. The number of morpholine rings is 1. The van der Waals surface area contributed by atoms with Gasteiger partial charge < -0.3 is 53.6 Å². The molecule has 0 bridgehead atoms. The van der Waals surface area contributed by atoms with Crippen molar-refractivity contribution in [3.63, 3.8) is 0 Å². The maximum absolute atomic E-state index is 14.4. The highest BCUT2D eigenvalue weighted by molar-refractivity contribution is 6.99. The number of nitrogens with one attached hydrogen (secondary N) is 3. The second kappa shape index (κ2) is 27.9. The Morgan fingerprint density at radius 1 is 0.907 bits per heavy atom. The number of rotatable bonds is 30. The van der Waals surface area contributed by atoms with Crippen LogP contribution in [-0.2, 0) is 39.9 Å². The molecule has 3 N–H and O–H groups in total. The molecule has 0 saturated carbocycles. The quantitative estimate of drug-likeness (QED) is 0.0435. The number of aromatic nitrogens is 4. The predicted octanol–water partition coefficient (Wildman–Crippen LogP) is 7.34. The van der Waals surface area contributed by atoms with E-state index in [4.69, 9.17) is 33.2 Å². The highest BCUT2D eigenvalue weighted by Gasteiger charge is 2.42. The van der Waals surface area contributed by atoms with Crippen molar-refractivity contribution in [3.05, 3.63) is 60.4 Å². The van der Waals surface area contributed by atoms with E-state index in [1.165, 1.54) is 12.8 Å². The second-order valence-corrected chi connectivity index (χ2v) is 20.9. The molecule has 0 radical (unpaired) electrons. The number of likely N-dealkylation sites (tertiary alicyclic amines) is 1. The number of aromatic amines is 1. The van der Waals surface area contributed by atoms with Crippen LogP contribution in [0.5, 0.6) is 17.4 Å². The van der Waals surface area contributed by atoms with Gasteiger partial charge in [-0.2, -0.15) is 9.47 Å². The van der Waals surface area contributed by atoms with Crippen molar-refractivity contribution < 1.29 is 52.3 Å². The van der Waals surface area contributed by atoms with E-state index < -0.39 is 35.4 Å². The summed E-state index contributed by atoms with van der Waals surface area (Å²) >= 11 is 1.04. The fourth-order valence-corrected chi connectivity index (χ4v) is 9.22. The molecule has 2 aliphatic heterocycles. The van der Waals surface area contributed by atoms with E-state index in [1.807, 2.05) is 70.2 Å². The summed E-state index contributed by atoms with van der Waals surface area (Å²) in [5.74, 6) is 0.867. The molecule has 20 nitrogen and oxygen atoms in total. The van der Waals surface area contributed by atoms with Gasteiger partial charge in [-0.3, -0.25) is 24.4 Å². The zero-order valence-corrected chi connectivity index (χ0v) is 46.2. The number of amides is 2. The minimum absolute atomic E-state index is 0.00208. The van der Waals surface area contributed by atoms with Crippen LogP contribution in [0.3, 0.4) is 0 Å². The highest BCUT2D eigenvalue weighted by Crippen LogP contribution is 2.33. The zero-order valence-electron chi connectivity index (χ0n) is 45.4. The number of urea groups is 1. The van der Waals surface area contributed by atoms with E-state index >= 15 is 0 Å². The summed E-state index contributed by atoms with van der Waals surface area (Å²) in [4.78, 5) is 62.0. The molecule has 2 aromatic carbocycles. The molecule has 2 fully saturated rings. The van der Waals surface area contributed by atoms with E-state index in [2.05, 4.69) is 39.4 Å². The summed E-state index contributed by atoms with van der Waals surface area (Å²) in [5, 5.41) is 13.4. The molecular formula is C54H79N9O11S. The topological polar surface area (TPSA) is 221 Å². The number of anilines is 2. The monoisotopic (exact) mass is 1060 g/mol. The lowest BCUT2D eigenvalue weighted by molar-refractivity contribution is -0.171. The second-order valence-electron chi connectivity index (χ2n) is 20.4. The molecule has 0 aliphatic carbocycles. The Bertz CT molecular complexity index is 2440. The first-order chi connectivity index (χ1) is 35.9. The largest absolute Gasteiger partial charge is 0.497 e. The van der Waals surface area contributed by atoms with Gasteiger partial charge >= 0.3 is 12.0 Å². The molecule has 2 saturated heterocycles. The van der Waals surface area contributed by atoms with Crippen LogP contribution in [0.4, 0.5) is 16.3 Å². The maximum atomic E-state index is 14.4. The number of nitrogens with zero attached hydrogens (tertiary/aromatic N) is 6. The molecule has 4 aromatic rings. The van der Waals surface area contributed by atoms with Crippen LogP contribution in [0.15, 0.2) is 54.9 Å². The number of esters is 1. The number of methoxy groups -OCH3 is 1. The number of hydrogen-bond donors (Lipinski definition) is 3. The lowest BCUT2D eigenvalue weighted by atomic mass is 9.91. The summed E-state index contributed by atoms with van der Waals surface area (Å²) in [5.41, 5.74) is 0.0794. The number of carbonyl (C=O) groups is 4. The van der Waals surface area contributed by atoms with Crippen LogP contribution in [0.25, 0.3) is 11.1 Å². The number of hydrogen-bond acceptors (Lipinski definition) is 18. The van der Waals surface area contributed by atoms with Crippen molar-refractivity contribution in [2.45, 2.75) is 129 Å². The third-order valence-electron chi connectivity index (χ3n) is 13.6. The molecule has 4 atom stereocenters. The van der Waals surface area contributed by atoms with E-state index in [0.29, 0.717) is 68.3 Å². The third kappa shape index (κ3) is 17.4. The molecule has 2 aliphatic rings. The number of carbonyl (C=O) groups excluding carboxylic acids is 4. The predicted molar refractivity (Wildman–Crippen MR) is 287 cm³/mol. The Labute approximate surface area is 446 Å².